The number of benzene rings is 1. The first-order valence-corrected chi connectivity index (χ1v) is 13.4. The number of esters is 1. The molecule has 4 aromatic rings. The SMILES string of the molecule is CCC1C(=O)OCc2c1cc1n(c2=O)Cc2c-1nc1cc(F)c(C)c3c1c2C(NC(=O)c1ccc(CO)o1)CC3. The minimum absolute atomic E-state index is 0.0748. The van der Waals surface area contributed by atoms with Crippen molar-refractivity contribution in [3.63, 3.8) is 0 Å². The largest absolute Gasteiger partial charge is 0.460 e. The number of carbonyl (C=O) groups is 2. The van der Waals surface area contributed by atoms with Gasteiger partial charge in [-0.2, -0.15) is 0 Å². The van der Waals surface area contributed by atoms with Gasteiger partial charge in [0.25, 0.3) is 11.5 Å². The summed E-state index contributed by atoms with van der Waals surface area (Å²) in [5, 5.41) is 13.2. The molecule has 0 saturated heterocycles. The van der Waals surface area contributed by atoms with Crippen LogP contribution in [0.2, 0.25) is 0 Å². The highest BCUT2D eigenvalue weighted by atomic mass is 19.1. The van der Waals surface area contributed by atoms with Crippen molar-refractivity contribution in [2.45, 2.75) is 64.8 Å². The summed E-state index contributed by atoms with van der Waals surface area (Å²) in [7, 11) is 0. The maximum absolute atomic E-state index is 15.0. The summed E-state index contributed by atoms with van der Waals surface area (Å²) < 4.78 is 27.4. The highest BCUT2D eigenvalue weighted by Crippen LogP contribution is 2.45. The van der Waals surface area contributed by atoms with Crippen LogP contribution in [0.4, 0.5) is 4.39 Å². The number of carbonyl (C=O) groups excluding carboxylic acids is 2. The third kappa shape index (κ3) is 3.41. The molecule has 0 spiro atoms. The summed E-state index contributed by atoms with van der Waals surface area (Å²) in [6, 6.07) is 5.87. The number of cyclic esters (lactones) is 1. The van der Waals surface area contributed by atoms with E-state index in [9.17, 15) is 19.5 Å². The summed E-state index contributed by atoms with van der Waals surface area (Å²) in [6.07, 6.45) is 1.55. The van der Waals surface area contributed by atoms with Crippen molar-refractivity contribution < 1.29 is 28.2 Å². The van der Waals surface area contributed by atoms with E-state index in [4.69, 9.17) is 14.1 Å². The van der Waals surface area contributed by atoms with Gasteiger partial charge in [-0.1, -0.05) is 6.92 Å². The standard InChI is InChI=1S/C30H26FN3O6/c1-3-15-17-8-23-27-18(10-34(23)29(37)19(17)12-39-30(15)38)26-21(33-28(36)24-7-4-14(11-35)40-24)6-5-16-13(2)20(31)9-22(32-27)25(16)26/h4,7-9,15,21,35H,3,5-6,10-12H2,1-2H3,(H,33,36). The monoisotopic (exact) mass is 543 g/mol. The zero-order valence-electron chi connectivity index (χ0n) is 22.0. The van der Waals surface area contributed by atoms with Gasteiger partial charge in [-0.05, 0) is 66.6 Å². The molecule has 1 amide bonds. The van der Waals surface area contributed by atoms with Crippen molar-refractivity contribution in [3.05, 3.63) is 85.3 Å². The molecule has 0 saturated carbocycles. The number of aliphatic hydroxyl groups excluding tert-OH is 1. The third-order valence-electron chi connectivity index (χ3n) is 8.54. The number of aliphatic hydroxyl groups is 1. The highest BCUT2D eigenvalue weighted by molar-refractivity contribution is 5.95. The smallest absolute Gasteiger partial charge is 0.313 e. The van der Waals surface area contributed by atoms with Gasteiger partial charge < -0.3 is 24.1 Å². The van der Waals surface area contributed by atoms with E-state index in [2.05, 4.69) is 5.32 Å². The lowest BCUT2D eigenvalue weighted by Crippen LogP contribution is -2.33. The van der Waals surface area contributed by atoms with Gasteiger partial charge in [0.2, 0.25) is 0 Å². The average Bonchev–Trinajstić information content (AvgIpc) is 3.58. The quantitative estimate of drug-likeness (QED) is 0.329. The summed E-state index contributed by atoms with van der Waals surface area (Å²) in [5.41, 5.74) is 5.45. The van der Waals surface area contributed by atoms with E-state index in [1.54, 1.807) is 17.6 Å². The topological polar surface area (TPSA) is 124 Å². The van der Waals surface area contributed by atoms with Crippen molar-refractivity contribution in [1.82, 2.24) is 14.9 Å². The Hall–Kier alpha value is -4.31. The normalized spacial score (nSPS) is 18.8. The van der Waals surface area contributed by atoms with Crippen LogP contribution in [-0.4, -0.2) is 26.5 Å². The van der Waals surface area contributed by atoms with Gasteiger partial charge in [-0.25, -0.2) is 9.37 Å². The second-order valence-electron chi connectivity index (χ2n) is 10.6. The molecule has 40 heavy (non-hydrogen) atoms. The van der Waals surface area contributed by atoms with E-state index < -0.39 is 17.9 Å². The van der Waals surface area contributed by atoms with Crippen molar-refractivity contribution in [1.29, 1.82) is 0 Å². The number of pyridine rings is 2. The second kappa shape index (κ2) is 8.85. The molecule has 0 fully saturated rings. The van der Waals surface area contributed by atoms with Crippen LogP contribution in [0.15, 0.2) is 33.5 Å². The summed E-state index contributed by atoms with van der Waals surface area (Å²) in [5.74, 6) is -1.33. The lowest BCUT2D eigenvalue weighted by atomic mass is 9.81. The number of nitrogens with zero attached hydrogens (tertiary/aromatic N) is 2. The Morgan fingerprint density at radius 1 is 1.23 bits per heavy atom. The van der Waals surface area contributed by atoms with Crippen molar-refractivity contribution in [2.24, 2.45) is 0 Å². The van der Waals surface area contributed by atoms with Crippen LogP contribution in [0, 0.1) is 12.7 Å². The molecule has 2 aliphatic heterocycles. The number of hydrogen-bond acceptors (Lipinski definition) is 7. The van der Waals surface area contributed by atoms with E-state index >= 15 is 4.39 Å². The predicted octanol–water partition coefficient (Wildman–Crippen LogP) is 3.93. The Balaban J connectivity index is 1.43. The van der Waals surface area contributed by atoms with Gasteiger partial charge in [0, 0.05) is 17.0 Å². The number of aryl methyl sites for hydroxylation is 1. The Labute approximate surface area is 227 Å². The number of furan rings is 1. The molecule has 2 unspecified atom stereocenters. The molecule has 10 heteroatoms. The molecule has 2 atom stereocenters. The molecule has 3 aromatic heterocycles. The molecule has 2 N–H and O–H groups in total. The summed E-state index contributed by atoms with van der Waals surface area (Å²) in [6.45, 7) is 3.46. The zero-order valence-corrected chi connectivity index (χ0v) is 22.0. The zero-order chi connectivity index (χ0) is 27.9. The summed E-state index contributed by atoms with van der Waals surface area (Å²) >= 11 is 0. The van der Waals surface area contributed by atoms with E-state index in [-0.39, 0.29) is 48.6 Å². The number of aromatic nitrogens is 2. The van der Waals surface area contributed by atoms with Crippen molar-refractivity contribution >= 4 is 22.8 Å². The summed E-state index contributed by atoms with van der Waals surface area (Å²) in [4.78, 5) is 44.2. The van der Waals surface area contributed by atoms with Gasteiger partial charge >= 0.3 is 5.97 Å². The molecule has 1 aliphatic carbocycles. The number of amides is 1. The molecule has 9 nitrogen and oxygen atoms in total. The highest BCUT2D eigenvalue weighted by Gasteiger charge is 2.37. The fourth-order valence-corrected chi connectivity index (χ4v) is 6.54. The molecule has 7 rings (SSSR count). The molecular formula is C30H26FN3O6. The molecule has 204 valence electrons. The van der Waals surface area contributed by atoms with Gasteiger partial charge in [-0.3, -0.25) is 14.4 Å². The van der Waals surface area contributed by atoms with Gasteiger partial charge in [0.1, 0.15) is 24.8 Å². The fourth-order valence-electron chi connectivity index (χ4n) is 6.54. The first-order chi connectivity index (χ1) is 19.3. The molecule has 0 radical (unpaired) electrons. The van der Waals surface area contributed by atoms with Crippen LogP contribution < -0.4 is 10.9 Å². The van der Waals surface area contributed by atoms with Crippen LogP contribution in [-0.2, 0) is 35.7 Å². The minimum atomic E-state index is -0.541. The van der Waals surface area contributed by atoms with Crippen LogP contribution in [0.25, 0.3) is 22.3 Å². The number of hydrogen-bond donors (Lipinski definition) is 2. The van der Waals surface area contributed by atoms with Gasteiger partial charge in [0.05, 0.1) is 41.0 Å². The van der Waals surface area contributed by atoms with Gasteiger partial charge in [0.15, 0.2) is 5.76 Å². The minimum Gasteiger partial charge on any atom is -0.460 e. The molecule has 0 bridgehead atoms. The Bertz CT molecular complexity index is 1840. The number of halogens is 1. The maximum atomic E-state index is 15.0. The third-order valence-corrected chi connectivity index (χ3v) is 8.54. The lowest BCUT2D eigenvalue weighted by Gasteiger charge is -2.29. The van der Waals surface area contributed by atoms with E-state index in [0.717, 1.165) is 22.1 Å². The van der Waals surface area contributed by atoms with Crippen LogP contribution in [0.3, 0.4) is 0 Å². The van der Waals surface area contributed by atoms with Crippen LogP contribution in [0.5, 0.6) is 0 Å². The molecular weight excluding hydrogens is 517 g/mol. The number of nitrogens with one attached hydrogen (secondary N) is 1. The van der Waals surface area contributed by atoms with Crippen molar-refractivity contribution in [2.75, 3.05) is 0 Å². The molecule has 3 aliphatic rings. The van der Waals surface area contributed by atoms with E-state index in [1.807, 2.05) is 13.0 Å². The average molecular weight is 544 g/mol. The maximum Gasteiger partial charge on any atom is 0.313 e. The number of ether oxygens (including phenoxy) is 1. The van der Waals surface area contributed by atoms with E-state index in [1.165, 1.54) is 12.1 Å². The molecule has 1 aromatic carbocycles. The van der Waals surface area contributed by atoms with Gasteiger partial charge in [-0.15, -0.1) is 0 Å². The molecule has 5 heterocycles. The van der Waals surface area contributed by atoms with Crippen LogP contribution in [0.1, 0.15) is 81.4 Å². The number of fused-ring (bicyclic) bond motifs is 5. The second-order valence-corrected chi connectivity index (χ2v) is 10.6. The Kier molecular flexibility index (Phi) is 5.47. The van der Waals surface area contributed by atoms with E-state index in [0.29, 0.717) is 52.9 Å². The first kappa shape index (κ1) is 24.7. The number of rotatable bonds is 4. The van der Waals surface area contributed by atoms with Crippen molar-refractivity contribution in [3.8, 4) is 11.4 Å². The Morgan fingerprint density at radius 3 is 2.80 bits per heavy atom. The first-order valence-electron chi connectivity index (χ1n) is 13.4. The predicted molar refractivity (Wildman–Crippen MR) is 141 cm³/mol. The fraction of sp³-hybridized carbons (Fsp3) is 0.333. The van der Waals surface area contributed by atoms with Crippen LogP contribution >= 0.6 is 0 Å². The Morgan fingerprint density at radius 2 is 2.05 bits per heavy atom. The lowest BCUT2D eigenvalue weighted by molar-refractivity contribution is -0.148.